The maximum Gasteiger partial charge on any atom is 0.339 e. The average Bonchev–Trinajstić information content (AvgIpc) is 3.08. The van der Waals surface area contributed by atoms with Crippen LogP contribution >= 0.6 is 23.8 Å². The van der Waals surface area contributed by atoms with Crippen LogP contribution in [0.2, 0.25) is 5.02 Å². The second-order valence-corrected chi connectivity index (χ2v) is 6.23. The second kappa shape index (κ2) is 8.25. The first-order valence-electron chi connectivity index (χ1n) is 7.97. The number of fused-ring (bicyclic) bond motifs is 1. The molecule has 6 nitrogen and oxygen atoms in total. The standard InChI is InChI=1S/C18H17ClN2O4S/c1-2-23-17(22)13-5-4-12(8-14(13)19)21-18(26)20-9-11-3-6-15-16(7-11)25-10-24-15/h3-8H,2,9-10H2,1H3,(H2,20,21,26). The molecule has 0 unspecified atom stereocenters. The summed E-state index contributed by atoms with van der Waals surface area (Å²) >= 11 is 11.4. The third kappa shape index (κ3) is 4.36. The van der Waals surface area contributed by atoms with Crippen LogP contribution in [0.4, 0.5) is 5.69 Å². The number of benzene rings is 2. The molecular formula is C18H17ClN2O4S. The fourth-order valence-electron chi connectivity index (χ4n) is 2.38. The number of carbonyl (C=O) groups excluding carboxylic acids is 1. The van der Waals surface area contributed by atoms with Crippen LogP contribution in [0.1, 0.15) is 22.8 Å². The summed E-state index contributed by atoms with van der Waals surface area (Å²) < 4.78 is 15.6. The summed E-state index contributed by atoms with van der Waals surface area (Å²) in [6, 6.07) is 10.7. The van der Waals surface area contributed by atoms with Gasteiger partial charge in [0.15, 0.2) is 16.6 Å². The zero-order valence-corrected chi connectivity index (χ0v) is 15.6. The lowest BCUT2D eigenvalue weighted by molar-refractivity contribution is 0.0526. The van der Waals surface area contributed by atoms with Crippen molar-refractivity contribution in [3.05, 3.63) is 52.5 Å². The van der Waals surface area contributed by atoms with Gasteiger partial charge >= 0.3 is 5.97 Å². The van der Waals surface area contributed by atoms with Crippen molar-refractivity contribution in [1.82, 2.24) is 5.32 Å². The molecule has 0 spiro atoms. The molecule has 1 aliphatic rings. The SMILES string of the molecule is CCOC(=O)c1ccc(NC(=S)NCc2ccc3c(c2)OCO3)cc1Cl. The van der Waals surface area contributed by atoms with Gasteiger partial charge < -0.3 is 24.8 Å². The number of halogens is 1. The van der Waals surface area contributed by atoms with Gasteiger partial charge in [-0.05, 0) is 55.0 Å². The highest BCUT2D eigenvalue weighted by Gasteiger charge is 2.14. The van der Waals surface area contributed by atoms with E-state index in [1.807, 2.05) is 18.2 Å². The summed E-state index contributed by atoms with van der Waals surface area (Å²) in [5.74, 6) is 1.02. The van der Waals surface area contributed by atoms with E-state index in [2.05, 4.69) is 10.6 Å². The van der Waals surface area contributed by atoms with Crippen LogP contribution in [-0.4, -0.2) is 24.5 Å². The number of hydrogen-bond acceptors (Lipinski definition) is 5. The molecule has 0 radical (unpaired) electrons. The molecule has 0 aliphatic carbocycles. The first-order valence-corrected chi connectivity index (χ1v) is 8.75. The number of esters is 1. The Bertz CT molecular complexity index is 844. The largest absolute Gasteiger partial charge is 0.462 e. The van der Waals surface area contributed by atoms with Gasteiger partial charge in [0.25, 0.3) is 0 Å². The highest BCUT2D eigenvalue weighted by atomic mass is 35.5. The van der Waals surface area contributed by atoms with E-state index in [1.165, 1.54) is 0 Å². The van der Waals surface area contributed by atoms with Crippen LogP contribution in [-0.2, 0) is 11.3 Å². The third-order valence-electron chi connectivity index (χ3n) is 3.61. The van der Waals surface area contributed by atoms with Gasteiger partial charge in [-0.2, -0.15) is 0 Å². The van der Waals surface area contributed by atoms with Crippen LogP contribution in [0, 0.1) is 0 Å². The van der Waals surface area contributed by atoms with Gasteiger partial charge in [-0.25, -0.2) is 4.79 Å². The van der Waals surface area contributed by atoms with Gasteiger partial charge in [0.1, 0.15) is 0 Å². The molecule has 0 bridgehead atoms. The van der Waals surface area contributed by atoms with Crippen molar-refractivity contribution in [3.63, 3.8) is 0 Å². The minimum absolute atomic E-state index is 0.245. The molecule has 1 heterocycles. The zero-order chi connectivity index (χ0) is 18.5. The number of hydrogen-bond donors (Lipinski definition) is 2. The molecule has 0 fully saturated rings. The molecule has 136 valence electrons. The molecule has 2 aromatic carbocycles. The summed E-state index contributed by atoms with van der Waals surface area (Å²) in [5, 5.41) is 6.87. The van der Waals surface area contributed by atoms with Crippen molar-refractivity contribution < 1.29 is 19.0 Å². The van der Waals surface area contributed by atoms with E-state index in [4.69, 9.17) is 38.0 Å². The molecule has 0 amide bonds. The van der Waals surface area contributed by atoms with E-state index in [0.717, 1.165) is 17.1 Å². The molecule has 0 saturated heterocycles. The molecule has 26 heavy (non-hydrogen) atoms. The maximum atomic E-state index is 11.8. The number of nitrogens with one attached hydrogen (secondary N) is 2. The Morgan fingerprint density at radius 1 is 1.23 bits per heavy atom. The molecule has 2 N–H and O–H groups in total. The van der Waals surface area contributed by atoms with Gasteiger partial charge in [-0.3, -0.25) is 0 Å². The number of anilines is 1. The van der Waals surface area contributed by atoms with E-state index < -0.39 is 5.97 Å². The Hall–Kier alpha value is -2.51. The molecule has 3 rings (SSSR count). The Labute approximate surface area is 161 Å². The van der Waals surface area contributed by atoms with E-state index in [1.54, 1.807) is 25.1 Å². The highest BCUT2D eigenvalue weighted by molar-refractivity contribution is 7.80. The van der Waals surface area contributed by atoms with Crippen molar-refractivity contribution in [2.75, 3.05) is 18.7 Å². The normalized spacial score (nSPS) is 11.8. The molecule has 0 aromatic heterocycles. The lowest BCUT2D eigenvalue weighted by atomic mass is 10.2. The first kappa shape index (κ1) is 18.3. The smallest absolute Gasteiger partial charge is 0.339 e. The van der Waals surface area contributed by atoms with Crippen molar-refractivity contribution in [1.29, 1.82) is 0 Å². The Morgan fingerprint density at radius 2 is 2.04 bits per heavy atom. The predicted molar refractivity (Wildman–Crippen MR) is 103 cm³/mol. The maximum absolute atomic E-state index is 11.8. The number of rotatable bonds is 5. The topological polar surface area (TPSA) is 68.8 Å². The molecule has 8 heteroatoms. The monoisotopic (exact) mass is 392 g/mol. The predicted octanol–water partition coefficient (Wildman–Crippen LogP) is 3.73. The Balaban J connectivity index is 1.56. The molecule has 2 aromatic rings. The lowest BCUT2D eigenvalue weighted by Gasteiger charge is -2.12. The summed E-state index contributed by atoms with van der Waals surface area (Å²) in [6.45, 7) is 2.81. The number of thiocarbonyl (C=S) groups is 1. The van der Waals surface area contributed by atoms with Crippen molar-refractivity contribution in [2.24, 2.45) is 0 Å². The number of carbonyl (C=O) groups is 1. The summed E-state index contributed by atoms with van der Waals surface area (Å²) in [7, 11) is 0. The van der Waals surface area contributed by atoms with E-state index in [9.17, 15) is 4.79 Å². The van der Waals surface area contributed by atoms with Crippen molar-refractivity contribution >= 4 is 40.6 Å². The van der Waals surface area contributed by atoms with E-state index in [0.29, 0.717) is 34.5 Å². The molecular weight excluding hydrogens is 376 g/mol. The van der Waals surface area contributed by atoms with Crippen LogP contribution in [0.5, 0.6) is 11.5 Å². The average molecular weight is 393 g/mol. The summed E-state index contributed by atoms with van der Waals surface area (Å²) in [6.07, 6.45) is 0. The van der Waals surface area contributed by atoms with Crippen LogP contribution < -0.4 is 20.1 Å². The Kier molecular flexibility index (Phi) is 5.80. The van der Waals surface area contributed by atoms with Gasteiger partial charge in [-0.1, -0.05) is 17.7 Å². The molecule has 0 saturated carbocycles. The van der Waals surface area contributed by atoms with E-state index >= 15 is 0 Å². The molecule has 1 aliphatic heterocycles. The van der Waals surface area contributed by atoms with Crippen molar-refractivity contribution in [3.8, 4) is 11.5 Å². The van der Waals surface area contributed by atoms with Crippen LogP contribution in [0.15, 0.2) is 36.4 Å². The zero-order valence-electron chi connectivity index (χ0n) is 14.0. The van der Waals surface area contributed by atoms with Crippen molar-refractivity contribution in [2.45, 2.75) is 13.5 Å². The molecule has 0 atom stereocenters. The Morgan fingerprint density at radius 3 is 2.81 bits per heavy atom. The highest BCUT2D eigenvalue weighted by Crippen LogP contribution is 2.32. The minimum atomic E-state index is -0.451. The van der Waals surface area contributed by atoms with Gasteiger partial charge in [0.05, 0.1) is 17.2 Å². The number of ether oxygens (including phenoxy) is 3. The van der Waals surface area contributed by atoms with E-state index in [-0.39, 0.29) is 6.79 Å². The fourth-order valence-corrected chi connectivity index (χ4v) is 2.82. The third-order valence-corrected chi connectivity index (χ3v) is 4.17. The lowest BCUT2D eigenvalue weighted by Crippen LogP contribution is -2.27. The van der Waals surface area contributed by atoms with Gasteiger partial charge in [0.2, 0.25) is 6.79 Å². The quantitative estimate of drug-likeness (QED) is 0.593. The first-order chi connectivity index (χ1) is 12.6. The van der Waals surface area contributed by atoms with Crippen LogP contribution in [0.3, 0.4) is 0 Å². The summed E-state index contributed by atoms with van der Waals surface area (Å²) in [5.41, 5.74) is 2.00. The van der Waals surface area contributed by atoms with Crippen LogP contribution in [0.25, 0.3) is 0 Å². The summed E-state index contributed by atoms with van der Waals surface area (Å²) in [4.78, 5) is 11.8. The fraction of sp³-hybridized carbons (Fsp3) is 0.222. The second-order valence-electron chi connectivity index (χ2n) is 5.41. The van der Waals surface area contributed by atoms with Gasteiger partial charge in [0, 0.05) is 12.2 Å². The minimum Gasteiger partial charge on any atom is -0.462 e. The van der Waals surface area contributed by atoms with Gasteiger partial charge in [-0.15, -0.1) is 0 Å².